The summed E-state index contributed by atoms with van der Waals surface area (Å²) in [6.45, 7) is 3.60. The van der Waals surface area contributed by atoms with E-state index in [1.54, 1.807) is 20.0 Å². The van der Waals surface area contributed by atoms with Crippen LogP contribution < -0.4 is 11.1 Å². The normalized spacial score (nSPS) is 14.4. The summed E-state index contributed by atoms with van der Waals surface area (Å²) in [5, 5.41) is 21.0. The van der Waals surface area contributed by atoms with Crippen LogP contribution in [0.2, 0.25) is 0 Å². The zero-order valence-corrected chi connectivity index (χ0v) is 16.1. The highest BCUT2D eigenvalue weighted by atomic mass is 16.3. The number of nitrogens with one attached hydrogen (secondary N) is 2. The van der Waals surface area contributed by atoms with Gasteiger partial charge < -0.3 is 16.2 Å². The van der Waals surface area contributed by atoms with Crippen molar-refractivity contribution in [1.82, 2.24) is 15.2 Å². The molecular formula is C21H25N5O2. The van der Waals surface area contributed by atoms with Crippen LogP contribution in [0.3, 0.4) is 0 Å². The van der Waals surface area contributed by atoms with E-state index in [9.17, 15) is 9.90 Å². The molecule has 146 valence electrons. The van der Waals surface area contributed by atoms with Crippen molar-refractivity contribution in [1.29, 1.82) is 0 Å². The van der Waals surface area contributed by atoms with Crippen molar-refractivity contribution in [2.75, 3.05) is 11.1 Å². The molecule has 5 N–H and O–H groups in total. The first-order valence-corrected chi connectivity index (χ1v) is 9.56. The molecule has 2 aromatic heterocycles. The van der Waals surface area contributed by atoms with E-state index in [1.165, 1.54) is 0 Å². The van der Waals surface area contributed by atoms with E-state index in [0.29, 0.717) is 24.5 Å². The summed E-state index contributed by atoms with van der Waals surface area (Å²) in [6, 6.07) is 7.85. The van der Waals surface area contributed by atoms with Gasteiger partial charge in [-0.1, -0.05) is 0 Å². The predicted molar refractivity (Wildman–Crippen MR) is 110 cm³/mol. The Hall–Kier alpha value is -2.93. The summed E-state index contributed by atoms with van der Waals surface area (Å²) in [4.78, 5) is 16.3. The first-order valence-electron chi connectivity index (χ1n) is 9.56. The molecule has 28 heavy (non-hydrogen) atoms. The van der Waals surface area contributed by atoms with Crippen LogP contribution in [0.5, 0.6) is 0 Å². The highest BCUT2D eigenvalue weighted by molar-refractivity contribution is 5.96. The van der Waals surface area contributed by atoms with Crippen LogP contribution in [0.15, 0.2) is 30.5 Å². The minimum absolute atomic E-state index is 0.0325. The first-order chi connectivity index (χ1) is 13.3. The number of aliphatic hydroxyl groups is 1. The molecule has 1 amide bonds. The molecule has 1 aromatic carbocycles. The summed E-state index contributed by atoms with van der Waals surface area (Å²) in [5.41, 5.74) is 9.13. The van der Waals surface area contributed by atoms with E-state index in [0.717, 1.165) is 40.4 Å². The van der Waals surface area contributed by atoms with E-state index in [4.69, 9.17) is 5.73 Å². The molecule has 1 fully saturated rings. The average molecular weight is 379 g/mol. The standard InChI is InChI=1S/C21H25N5O2/c1-21(2,28)7-5-14-9-15(10-16-18(14)25-26-19(16)22)13-6-8-23-17(11-13)24-20(27)12-3-4-12/h6,8-12,28H,3-5,7H2,1-2H3,(H3,22,25,26)(H,23,24,27). The molecule has 0 unspecified atom stereocenters. The van der Waals surface area contributed by atoms with Gasteiger partial charge in [-0.15, -0.1) is 0 Å². The number of nitrogen functional groups attached to an aromatic ring is 1. The van der Waals surface area contributed by atoms with Crippen LogP contribution in [-0.4, -0.2) is 31.8 Å². The van der Waals surface area contributed by atoms with Gasteiger partial charge in [0.15, 0.2) is 5.82 Å². The van der Waals surface area contributed by atoms with E-state index in [2.05, 4.69) is 26.6 Å². The van der Waals surface area contributed by atoms with Gasteiger partial charge >= 0.3 is 0 Å². The SMILES string of the molecule is CC(C)(O)CCc1cc(-c2ccnc(NC(=O)C3CC3)c2)cc2c(N)n[nH]c12. The number of rotatable bonds is 6. The molecule has 0 spiro atoms. The Balaban J connectivity index is 1.69. The second-order valence-corrected chi connectivity index (χ2v) is 8.17. The van der Waals surface area contributed by atoms with Crippen LogP contribution in [0.25, 0.3) is 22.0 Å². The van der Waals surface area contributed by atoms with Gasteiger partial charge in [0.1, 0.15) is 5.82 Å². The maximum absolute atomic E-state index is 12.0. The fourth-order valence-electron chi connectivity index (χ4n) is 3.27. The lowest BCUT2D eigenvalue weighted by atomic mass is 9.94. The summed E-state index contributed by atoms with van der Waals surface area (Å²) in [6.07, 6.45) is 4.89. The fourth-order valence-corrected chi connectivity index (χ4v) is 3.27. The molecule has 0 aliphatic heterocycles. The van der Waals surface area contributed by atoms with E-state index in [1.807, 2.05) is 18.2 Å². The zero-order chi connectivity index (χ0) is 19.9. The number of pyridine rings is 1. The predicted octanol–water partition coefficient (Wildman–Crippen LogP) is 3.26. The quantitative estimate of drug-likeness (QED) is 0.524. The topological polar surface area (TPSA) is 117 Å². The number of nitrogens with zero attached hydrogens (tertiary/aromatic N) is 2. The van der Waals surface area contributed by atoms with Crippen molar-refractivity contribution >= 4 is 28.4 Å². The minimum Gasteiger partial charge on any atom is -0.390 e. The Morgan fingerprint density at radius 3 is 2.82 bits per heavy atom. The maximum Gasteiger partial charge on any atom is 0.228 e. The molecule has 0 atom stereocenters. The third-order valence-corrected chi connectivity index (χ3v) is 5.08. The van der Waals surface area contributed by atoms with Crippen molar-refractivity contribution in [2.45, 2.75) is 45.1 Å². The number of aryl methyl sites for hydroxylation is 1. The monoisotopic (exact) mass is 379 g/mol. The maximum atomic E-state index is 12.0. The molecule has 0 radical (unpaired) electrons. The Morgan fingerprint density at radius 1 is 1.32 bits per heavy atom. The van der Waals surface area contributed by atoms with Crippen molar-refractivity contribution < 1.29 is 9.90 Å². The van der Waals surface area contributed by atoms with Crippen LogP contribution in [0, 0.1) is 5.92 Å². The van der Waals surface area contributed by atoms with Gasteiger partial charge in [0.05, 0.1) is 11.1 Å². The summed E-state index contributed by atoms with van der Waals surface area (Å²) >= 11 is 0. The molecule has 1 aliphatic carbocycles. The minimum atomic E-state index is -0.759. The van der Waals surface area contributed by atoms with Gasteiger partial charge in [-0.25, -0.2) is 4.98 Å². The fraction of sp³-hybridized carbons (Fsp3) is 0.381. The van der Waals surface area contributed by atoms with E-state index >= 15 is 0 Å². The van der Waals surface area contributed by atoms with Crippen LogP contribution in [0.4, 0.5) is 11.6 Å². The van der Waals surface area contributed by atoms with E-state index in [-0.39, 0.29) is 11.8 Å². The molecule has 7 nitrogen and oxygen atoms in total. The molecule has 3 aromatic rings. The van der Waals surface area contributed by atoms with Crippen LogP contribution >= 0.6 is 0 Å². The van der Waals surface area contributed by atoms with Crippen molar-refractivity contribution in [3.63, 3.8) is 0 Å². The molecule has 2 heterocycles. The van der Waals surface area contributed by atoms with E-state index < -0.39 is 5.60 Å². The molecule has 0 saturated heterocycles. The number of hydrogen-bond acceptors (Lipinski definition) is 5. The highest BCUT2D eigenvalue weighted by Gasteiger charge is 2.29. The van der Waals surface area contributed by atoms with Gasteiger partial charge in [-0.05, 0) is 80.5 Å². The van der Waals surface area contributed by atoms with Crippen molar-refractivity contribution in [3.8, 4) is 11.1 Å². The smallest absolute Gasteiger partial charge is 0.228 e. The Kier molecular flexibility index (Phi) is 4.55. The molecule has 1 saturated carbocycles. The van der Waals surface area contributed by atoms with Crippen LogP contribution in [-0.2, 0) is 11.2 Å². The van der Waals surface area contributed by atoms with Gasteiger partial charge in [0.25, 0.3) is 0 Å². The first kappa shape index (κ1) is 18.4. The largest absolute Gasteiger partial charge is 0.390 e. The van der Waals surface area contributed by atoms with Crippen LogP contribution in [0.1, 0.15) is 38.7 Å². The number of carbonyl (C=O) groups excluding carboxylic acids is 1. The molecule has 0 bridgehead atoms. The zero-order valence-electron chi connectivity index (χ0n) is 16.1. The lowest BCUT2D eigenvalue weighted by Crippen LogP contribution is -2.19. The molecular weight excluding hydrogens is 354 g/mol. The van der Waals surface area contributed by atoms with Gasteiger partial charge in [0, 0.05) is 17.5 Å². The second-order valence-electron chi connectivity index (χ2n) is 8.17. The third kappa shape index (κ3) is 3.99. The number of nitrogens with two attached hydrogens (primary N) is 1. The third-order valence-electron chi connectivity index (χ3n) is 5.08. The van der Waals surface area contributed by atoms with Gasteiger partial charge in [-0.2, -0.15) is 5.10 Å². The highest BCUT2D eigenvalue weighted by Crippen LogP contribution is 2.33. The number of benzene rings is 1. The number of amides is 1. The molecule has 1 aliphatic rings. The number of H-pyrrole nitrogens is 1. The summed E-state index contributed by atoms with van der Waals surface area (Å²) in [7, 11) is 0. The number of carbonyl (C=O) groups is 1. The lowest BCUT2D eigenvalue weighted by Gasteiger charge is -2.17. The van der Waals surface area contributed by atoms with Crippen molar-refractivity contribution in [3.05, 3.63) is 36.0 Å². The Labute approximate surface area is 163 Å². The number of aromatic amines is 1. The Bertz CT molecular complexity index is 1030. The average Bonchev–Trinajstić information content (AvgIpc) is 3.43. The lowest BCUT2D eigenvalue weighted by molar-refractivity contribution is -0.117. The van der Waals surface area contributed by atoms with Gasteiger partial charge in [-0.3, -0.25) is 9.89 Å². The number of aromatic nitrogens is 3. The molecule has 7 heteroatoms. The van der Waals surface area contributed by atoms with Gasteiger partial charge in [0.2, 0.25) is 5.91 Å². The number of fused-ring (bicyclic) bond motifs is 1. The number of anilines is 2. The molecule has 4 rings (SSSR count). The second kappa shape index (κ2) is 6.91. The summed E-state index contributed by atoms with van der Waals surface area (Å²) < 4.78 is 0. The number of hydrogen-bond donors (Lipinski definition) is 4. The summed E-state index contributed by atoms with van der Waals surface area (Å²) in [5.74, 6) is 1.15. The van der Waals surface area contributed by atoms with Crippen molar-refractivity contribution in [2.24, 2.45) is 5.92 Å². The Morgan fingerprint density at radius 2 is 2.11 bits per heavy atom.